The van der Waals surface area contributed by atoms with Gasteiger partial charge in [0, 0.05) is 99.4 Å². The third-order valence-corrected chi connectivity index (χ3v) is 17.4. The first-order chi connectivity index (χ1) is 40.7. The highest BCUT2D eigenvalue weighted by atomic mass is 35.5. The average Bonchev–Trinajstić information content (AvgIpc) is 3.66. The SMILES string of the molecule is COc1cc(OC)cc(C(=O)NS(=O)(=O)c2ccc(CN(CCSc3ccccc3)Cc3c(F)cccc3Cl)cc2)c1.COc1cc(OC)cc(C(=O)O)c1.NS(=O)(=O)c1ccc(CN(CCSc2ccccc2)Cc2c(F)cccc2Cl)cc1. The summed E-state index contributed by atoms with van der Waals surface area (Å²) in [7, 11) is -2.09. The number of carboxylic acid groups (broad SMARTS) is 1. The minimum absolute atomic E-state index is 0.0644. The van der Waals surface area contributed by atoms with Crippen LogP contribution in [-0.4, -0.2) is 96.7 Å². The number of nitrogens with zero attached hydrogens (tertiary/aromatic N) is 2. The fourth-order valence-corrected chi connectivity index (χ4v) is 11.8. The van der Waals surface area contributed by atoms with Crippen LogP contribution in [0.15, 0.2) is 202 Å². The summed E-state index contributed by atoms with van der Waals surface area (Å²) >= 11 is 15.9. The van der Waals surface area contributed by atoms with E-state index in [0.29, 0.717) is 76.9 Å². The summed E-state index contributed by atoms with van der Waals surface area (Å²) < 4.78 is 100. The number of hydrogen-bond acceptors (Lipinski definition) is 14. The van der Waals surface area contributed by atoms with Gasteiger partial charge < -0.3 is 24.1 Å². The molecule has 0 saturated heterocycles. The molecule has 0 aliphatic carbocycles. The number of aromatic carboxylic acids is 1. The minimum atomic E-state index is -4.16. The van der Waals surface area contributed by atoms with Gasteiger partial charge in [0.1, 0.15) is 34.6 Å². The van der Waals surface area contributed by atoms with E-state index in [1.807, 2.05) is 48.5 Å². The Hall–Kier alpha value is -7.18. The van der Waals surface area contributed by atoms with Crippen molar-refractivity contribution >= 4 is 78.6 Å². The van der Waals surface area contributed by atoms with E-state index in [-0.39, 0.29) is 39.1 Å². The van der Waals surface area contributed by atoms with Crippen molar-refractivity contribution in [2.75, 3.05) is 53.0 Å². The maximum Gasteiger partial charge on any atom is 0.335 e. The molecule has 0 atom stereocenters. The van der Waals surface area contributed by atoms with Crippen LogP contribution in [0.3, 0.4) is 0 Å². The first kappa shape index (κ1) is 67.0. The number of hydrogen-bond donors (Lipinski definition) is 3. The van der Waals surface area contributed by atoms with Gasteiger partial charge in [0.15, 0.2) is 0 Å². The van der Waals surface area contributed by atoms with Crippen LogP contribution >= 0.6 is 46.7 Å². The number of carbonyl (C=O) groups is 2. The first-order valence-corrected chi connectivity index (χ1v) is 31.6. The number of primary sulfonamides is 1. The molecule has 0 saturated carbocycles. The van der Waals surface area contributed by atoms with Gasteiger partial charge in [0.2, 0.25) is 10.0 Å². The number of nitrogens with one attached hydrogen (secondary N) is 1. The molecular weight excluding hydrogens is 1210 g/mol. The molecule has 0 heterocycles. The number of thioether (sulfide) groups is 2. The van der Waals surface area contributed by atoms with E-state index in [2.05, 4.69) is 26.7 Å². The van der Waals surface area contributed by atoms with Gasteiger partial charge in [0.25, 0.3) is 15.9 Å². The standard InChI is InChI=1S/C31H30ClFN2O5S2.C22H22ClFN2O2S2.C9H10O4/c1-39-24-17-23(18-25(19-24)40-2)31(36)34-42(37,38)27-13-11-22(12-14-27)20-35(15-16-41-26-7-4-3-5-8-26)21-28-29(32)9-6-10-30(28)33;23-21-7-4-8-22(24)20(21)16-26(13-14-29-18-5-2-1-3-6-18)15-17-9-11-19(12-10-17)30(25,27)28;1-12-7-3-6(9(10)11)4-8(5-7)13-2/h3-14,17-19H,15-16,20-21H2,1-2H3,(H,34,36);1-12H,13-16H2,(H2,25,27,28);3-5H,1-2H3,(H,10,11). The molecule has 85 heavy (non-hydrogen) atoms. The predicted octanol–water partition coefficient (Wildman–Crippen LogP) is 12.7. The topological polar surface area (TPSA) is 204 Å². The largest absolute Gasteiger partial charge is 0.497 e. The lowest BCUT2D eigenvalue weighted by Crippen LogP contribution is -2.30. The lowest BCUT2D eigenvalue weighted by molar-refractivity contribution is 0.0695. The molecular formula is C62H62Cl2F2N4O11S4. The number of benzene rings is 8. The number of nitrogens with two attached hydrogens (primary N) is 1. The third kappa shape index (κ3) is 21.4. The predicted molar refractivity (Wildman–Crippen MR) is 330 cm³/mol. The summed E-state index contributed by atoms with van der Waals surface area (Å²) in [6.07, 6.45) is 0. The summed E-state index contributed by atoms with van der Waals surface area (Å²) in [5.41, 5.74) is 2.79. The second-order valence-electron chi connectivity index (χ2n) is 18.4. The van der Waals surface area contributed by atoms with Crippen LogP contribution in [0.4, 0.5) is 8.78 Å². The zero-order valence-corrected chi connectivity index (χ0v) is 51.4. The lowest BCUT2D eigenvalue weighted by Gasteiger charge is -2.23. The molecule has 0 unspecified atom stereocenters. The molecule has 0 aliphatic heterocycles. The van der Waals surface area contributed by atoms with Crippen molar-refractivity contribution in [1.82, 2.24) is 14.5 Å². The molecule has 23 heteroatoms. The van der Waals surface area contributed by atoms with Crippen molar-refractivity contribution in [2.45, 2.75) is 45.8 Å². The minimum Gasteiger partial charge on any atom is -0.497 e. The molecule has 0 radical (unpaired) electrons. The molecule has 8 rings (SSSR count). The Kier molecular flexibility index (Phi) is 25.9. The van der Waals surface area contributed by atoms with Gasteiger partial charge in [-0.05, 0) is 108 Å². The number of sulfonamides is 2. The van der Waals surface area contributed by atoms with E-state index in [9.17, 15) is 35.2 Å². The molecule has 0 spiro atoms. The number of amides is 1. The van der Waals surface area contributed by atoms with E-state index in [1.54, 1.807) is 84.2 Å². The summed E-state index contributed by atoms with van der Waals surface area (Å²) in [5.74, 6) is 0.664. The molecule has 1 amide bonds. The maximum absolute atomic E-state index is 14.6. The van der Waals surface area contributed by atoms with Gasteiger partial charge in [0.05, 0.1) is 43.8 Å². The quantitative estimate of drug-likeness (QED) is 0.0455. The summed E-state index contributed by atoms with van der Waals surface area (Å²) in [6.45, 7) is 2.89. The summed E-state index contributed by atoms with van der Waals surface area (Å²) in [6, 6.07) is 50.9. The molecule has 8 aromatic carbocycles. The molecule has 0 aromatic heterocycles. The zero-order valence-electron chi connectivity index (χ0n) is 46.6. The number of carboxylic acids is 1. The second kappa shape index (κ2) is 32.9. The van der Waals surface area contributed by atoms with Crippen LogP contribution in [0.2, 0.25) is 10.0 Å². The van der Waals surface area contributed by atoms with E-state index >= 15 is 0 Å². The Bertz CT molecular complexity index is 3630. The number of carbonyl (C=O) groups excluding carboxylic acids is 1. The van der Waals surface area contributed by atoms with Gasteiger partial charge >= 0.3 is 5.97 Å². The average molecular weight is 1280 g/mol. The highest BCUT2D eigenvalue weighted by molar-refractivity contribution is 7.99. The fourth-order valence-electron chi connectivity index (χ4n) is 8.04. The van der Waals surface area contributed by atoms with Gasteiger partial charge in [-0.2, -0.15) is 0 Å². The first-order valence-electron chi connectivity index (χ1n) is 25.8. The molecule has 0 fully saturated rings. The van der Waals surface area contributed by atoms with Gasteiger partial charge in [-0.3, -0.25) is 14.6 Å². The number of halogens is 4. The van der Waals surface area contributed by atoms with Crippen LogP contribution < -0.4 is 28.8 Å². The van der Waals surface area contributed by atoms with E-state index in [4.69, 9.17) is 52.4 Å². The van der Waals surface area contributed by atoms with Crippen molar-refractivity contribution in [3.05, 3.63) is 237 Å². The van der Waals surface area contributed by atoms with Gasteiger partial charge in [-0.1, -0.05) is 96.0 Å². The van der Waals surface area contributed by atoms with Gasteiger partial charge in [-0.15, -0.1) is 23.5 Å². The van der Waals surface area contributed by atoms with Crippen molar-refractivity contribution < 1.29 is 59.3 Å². The Balaban J connectivity index is 0.000000233. The number of ether oxygens (including phenoxy) is 4. The van der Waals surface area contributed by atoms with Crippen molar-refractivity contribution in [3.8, 4) is 23.0 Å². The Morgan fingerprint density at radius 1 is 0.518 bits per heavy atom. The molecule has 0 aliphatic rings. The normalized spacial score (nSPS) is 11.2. The molecule has 8 aromatic rings. The van der Waals surface area contributed by atoms with E-state index < -0.39 is 31.9 Å². The van der Waals surface area contributed by atoms with Crippen molar-refractivity contribution in [3.63, 3.8) is 0 Å². The van der Waals surface area contributed by atoms with E-state index in [1.165, 1.54) is 94.0 Å². The molecule has 4 N–H and O–H groups in total. The van der Waals surface area contributed by atoms with Crippen LogP contribution in [0.1, 0.15) is 43.0 Å². The van der Waals surface area contributed by atoms with Crippen molar-refractivity contribution in [1.29, 1.82) is 0 Å². The number of methoxy groups -OCH3 is 4. The van der Waals surface area contributed by atoms with Crippen LogP contribution in [0, 0.1) is 11.6 Å². The molecule has 15 nitrogen and oxygen atoms in total. The zero-order chi connectivity index (χ0) is 61.5. The Labute approximate surface area is 513 Å². The second-order valence-corrected chi connectivity index (χ2v) is 24.8. The van der Waals surface area contributed by atoms with Gasteiger partial charge in [-0.25, -0.2) is 40.3 Å². The molecule has 448 valence electrons. The van der Waals surface area contributed by atoms with Crippen LogP contribution in [-0.2, 0) is 46.2 Å². The smallest absolute Gasteiger partial charge is 0.335 e. The highest BCUT2D eigenvalue weighted by Gasteiger charge is 2.22. The van der Waals surface area contributed by atoms with Crippen LogP contribution in [0.5, 0.6) is 23.0 Å². The van der Waals surface area contributed by atoms with Crippen molar-refractivity contribution in [2.24, 2.45) is 5.14 Å². The lowest BCUT2D eigenvalue weighted by atomic mass is 10.1. The highest BCUT2D eigenvalue weighted by Crippen LogP contribution is 2.28. The summed E-state index contributed by atoms with van der Waals surface area (Å²) in [4.78, 5) is 29.8. The Morgan fingerprint density at radius 2 is 0.894 bits per heavy atom. The summed E-state index contributed by atoms with van der Waals surface area (Å²) in [5, 5.41) is 14.6. The third-order valence-electron chi connectivity index (χ3n) is 12.5. The maximum atomic E-state index is 14.6. The monoisotopic (exact) mass is 1270 g/mol. The number of rotatable bonds is 25. The fraction of sp³-hybridized carbons (Fsp3) is 0.194. The van der Waals surface area contributed by atoms with E-state index in [0.717, 1.165) is 27.5 Å². The Morgan fingerprint density at radius 3 is 1.25 bits per heavy atom. The molecule has 0 bridgehead atoms. The van der Waals surface area contributed by atoms with Crippen LogP contribution in [0.25, 0.3) is 0 Å².